The van der Waals surface area contributed by atoms with Crippen LogP contribution in [0.2, 0.25) is 0 Å². The second kappa shape index (κ2) is 11.8. The van der Waals surface area contributed by atoms with Crippen molar-refractivity contribution in [3.8, 4) is 16.9 Å². The number of hydrogen-bond acceptors (Lipinski definition) is 6. The quantitative estimate of drug-likeness (QED) is 0.139. The van der Waals surface area contributed by atoms with Gasteiger partial charge in [0.2, 0.25) is 0 Å². The van der Waals surface area contributed by atoms with Crippen molar-refractivity contribution in [2.24, 2.45) is 0 Å². The van der Waals surface area contributed by atoms with Crippen molar-refractivity contribution in [2.45, 2.75) is 24.7 Å². The van der Waals surface area contributed by atoms with Gasteiger partial charge in [0.15, 0.2) is 0 Å². The van der Waals surface area contributed by atoms with Crippen LogP contribution in [0.1, 0.15) is 25.3 Å². The Balaban J connectivity index is 1.68. The molecular formula is C26H27N3O2S3. The lowest BCUT2D eigenvalue weighted by Gasteiger charge is -2.13. The molecule has 176 valence electrons. The Labute approximate surface area is 214 Å². The molecule has 0 radical (unpaired) electrons. The number of thioether (sulfide) groups is 2. The second-order valence-electron chi connectivity index (χ2n) is 7.77. The monoisotopic (exact) mass is 509 g/mol. The van der Waals surface area contributed by atoms with Gasteiger partial charge in [0, 0.05) is 42.5 Å². The number of nitrogens with zero attached hydrogens (tertiary/aromatic N) is 3. The standard InChI is InChI=1S/C26H27N3O2S3/c1-3-16-33-22-12-10-19(11-13-22)24-20(18-29(27-24)21-8-5-4-6-9-21)17-23-25(30)28(26(32)34-23)14-7-15-31-2/h4-6,8-13,17-18H,3,7,14-16H2,1-2H3. The third-order valence-electron chi connectivity index (χ3n) is 5.25. The number of para-hydroxylation sites is 1. The molecule has 0 bridgehead atoms. The van der Waals surface area contributed by atoms with Gasteiger partial charge in [-0.1, -0.05) is 61.2 Å². The Kier molecular flexibility index (Phi) is 8.61. The molecule has 0 saturated carbocycles. The Bertz CT molecular complexity index is 1170. The highest BCUT2D eigenvalue weighted by Crippen LogP contribution is 2.35. The van der Waals surface area contributed by atoms with Crippen LogP contribution in [0.25, 0.3) is 23.0 Å². The average molecular weight is 510 g/mol. The summed E-state index contributed by atoms with van der Waals surface area (Å²) < 4.78 is 7.57. The summed E-state index contributed by atoms with van der Waals surface area (Å²) >= 11 is 8.67. The maximum atomic E-state index is 13.1. The van der Waals surface area contributed by atoms with Gasteiger partial charge in [0.05, 0.1) is 16.3 Å². The van der Waals surface area contributed by atoms with E-state index in [1.807, 2.05) is 59.0 Å². The van der Waals surface area contributed by atoms with E-state index in [0.717, 1.165) is 41.1 Å². The molecule has 2 heterocycles. The molecule has 0 spiro atoms. The fraction of sp³-hybridized carbons (Fsp3) is 0.269. The zero-order valence-corrected chi connectivity index (χ0v) is 21.7. The summed E-state index contributed by atoms with van der Waals surface area (Å²) in [6.45, 7) is 3.34. The minimum absolute atomic E-state index is 0.0594. The zero-order valence-electron chi connectivity index (χ0n) is 19.3. The zero-order chi connectivity index (χ0) is 23.9. The average Bonchev–Trinajstić information content (AvgIpc) is 3.40. The third-order valence-corrected chi connectivity index (χ3v) is 7.85. The fourth-order valence-corrected chi connectivity index (χ4v) is 5.63. The van der Waals surface area contributed by atoms with Gasteiger partial charge in [0.1, 0.15) is 4.32 Å². The lowest BCUT2D eigenvalue weighted by atomic mass is 10.1. The van der Waals surface area contributed by atoms with Crippen LogP contribution in [0.3, 0.4) is 0 Å². The van der Waals surface area contributed by atoms with E-state index in [-0.39, 0.29) is 5.91 Å². The SMILES string of the molecule is CCCSc1ccc(-c2nn(-c3ccccc3)cc2C=C2SC(=S)N(CCCOC)C2=O)cc1. The van der Waals surface area contributed by atoms with Crippen LogP contribution in [-0.2, 0) is 9.53 Å². The summed E-state index contributed by atoms with van der Waals surface area (Å²) in [6, 6.07) is 18.5. The number of ether oxygens (including phenoxy) is 1. The summed E-state index contributed by atoms with van der Waals surface area (Å²) in [7, 11) is 1.66. The number of hydrogen-bond donors (Lipinski definition) is 0. The Hall–Kier alpha value is -2.39. The lowest BCUT2D eigenvalue weighted by molar-refractivity contribution is -0.122. The van der Waals surface area contributed by atoms with E-state index in [4.69, 9.17) is 22.1 Å². The van der Waals surface area contributed by atoms with Crippen LogP contribution in [0, 0.1) is 0 Å². The number of methoxy groups -OCH3 is 1. The van der Waals surface area contributed by atoms with Crippen molar-refractivity contribution < 1.29 is 9.53 Å². The summed E-state index contributed by atoms with van der Waals surface area (Å²) in [5.41, 5.74) is 3.69. The normalized spacial score (nSPS) is 15.0. The van der Waals surface area contributed by atoms with Gasteiger partial charge in [-0.3, -0.25) is 9.69 Å². The van der Waals surface area contributed by atoms with Crippen LogP contribution < -0.4 is 0 Å². The first-order chi connectivity index (χ1) is 16.6. The highest BCUT2D eigenvalue weighted by atomic mass is 32.2. The van der Waals surface area contributed by atoms with Crippen LogP contribution in [-0.4, -0.2) is 50.9 Å². The molecule has 1 saturated heterocycles. The van der Waals surface area contributed by atoms with Crippen molar-refractivity contribution >= 4 is 52.0 Å². The Morgan fingerprint density at radius 3 is 2.62 bits per heavy atom. The molecule has 1 amide bonds. The minimum Gasteiger partial charge on any atom is -0.385 e. The molecular weight excluding hydrogens is 483 g/mol. The Morgan fingerprint density at radius 2 is 1.91 bits per heavy atom. The van der Waals surface area contributed by atoms with Crippen LogP contribution in [0.15, 0.2) is 70.6 Å². The van der Waals surface area contributed by atoms with Gasteiger partial charge < -0.3 is 4.74 Å². The number of carbonyl (C=O) groups excluding carboxylic acids is 1. The predicted octanol–water partition coefficient (Wildman–Crippen LogP) is 6.28. The van der Waals surface area contributed by atoms with Gasteiger partial charge >= 0.3 is 0 Å². The van der Waals surface area contributed by atoms with E-state index in [1.54, 1.807) is 12.0 Å². The molecule has 5 nitrogen and oxygen atoms in total. The summed E-state index contributed by atoms with van der Waals surface area (Å²) in [4.78, 5) is 16.6. The molecule has 8 heteroatoms. The summed E-state index contributed by atoms with van der Waals surface area (Å²) in [5.74, 6) is 1.04. The third kappa shape index (κ3) is 5.81. The highest BCUT2D eigenvalue weighted by Gasteiger charge is 2.32. The van der Waals surface area contributed by atoms with Gasteiger partial charge in [-0.15, -0.1) is 11.8 Å². The molecule has 0 aliphatic carbocycles. The number of amides is 1. The minimum atomic E-state index is -0.0594. The van der Waals surface area contributed by atoms with Gasteiger partial charge in [-0.05, 0) is 48.9 Å². The number of benzene rings is 2. The largest absolute Gasteiger partial charge is 0.385 e. The van der Waals surface area contributed by atoms with Crippen molar-refractivity contribution in [3.63, 3.8) is 0 Å². The van der Waals surface area contributed by atoms with Crippen molar-refractivity contribution in [1.82, 2.24) is 14.7 Å². The van der Waals surface area contributed by atoms with Crippen molar-refractivity contribution in [2.75, 3.05) is 26.0 Å². The first-order valence-corrected chi connectivity index (χ1v) is 13.4. The number of rotatable bonds is 10. The number of carbonyl (C=O) groups is 1. The Morgan fingerprint density at radius 1 is 1.15 bits per heavy atom. The van der Waals surface area contributed by atoms with Crippen LogP contribution in [0.5, 0.6) is 0 Å². The number of thiocarbonyl (C=S) groups is 1. The maximum Gasteiger partial charge on any atom is 0.266 e. The van der Waals surface area contributed by atoms with Gasteiger partial charge in [-0.25, -0.2) is 4.68 Å². The maximum absolute atomic E-state index is 13.1. The predicted molar refractivity (Wildman–Crippen MR) is 146 cm³/mol. The van der Waals surface area contributed by atoms with E-state index < -0.39 is 0 Å². The topological polar surface area (TPSA) is 47.4 Å². The van der Waals surface area contributed by atoms with Crippen LogP contribution in [0.4, 0.5) is 0 Å². The second-order valence-corrected chi connectivity index (χ2v) is 10.6. The fourth-order valence-electron chi connectivity index (χ4n) is 3.56. The first kappa shape index (κ1) is 24.7. The van der Waals surface area contributed by atoms with Gasteiger partial charge in [0.25, 0.3) is 5.91 Å². The molecule has 1 aromatic heterocycles. The van der Waals surface area contributed by atoms with E-state index in [0.29, 0.717) is 22.4 Å². The molecule has 3 aromatic rings. The van der Waals surface area contributed by atoms with Crippen molar-refractivity contribution in [1.29, 1.82) is 0 Å². The molecule has 0 N–H and O–H groups in total. The van der Waals surface area contributed by atoms with E-state index in [9.17, 15) is 4.79 Å². The number of aromatic nitrogens is 2. The molecule has 2 aromatic carbocycles. The highest BCUT2D eigenvalue weighted by molar-refractivity contribution is 8.26. The van der Waals surface area contributed by atoms with Crippen LogP contribution >= 0.6 is 35.7 Å². The van der Waals surface area contributed by atoms with Crippen molar-refractivity contribution in [3.05, 3.63) is 71.3 Å². The summed E-state index contributed by atoms with van der Waals surface area (Å²) in [5, 5.41) is 4.89. The van der Waals surface area contributed by atoms with E-state index in [2.05, 4.69) is 31.2 Å². The molecule has 0 atom stereocenters. The molecule has 4 rings (SSSR count). The molecule has 34 heavy (non-hydrogen) atoms. The molecule has 1 aliphatic rings. The van der Waals surface area contributed by atoms with Gasteiger partial charge in [-0.2, -0.15) is 5.10 Å². The first-order valence-electron chi connectivity index (χ1n) is 11.2. The lowest BCUT2D eigenvalue weighted by Crippen LogP contribution is -2.29. The van der Waals surface area contributed by atoms with E-state index >= 15 is 0 Å². The molecule has 0 unspecified atom stereocenters. The summed E-state index contributed by atoms with van der Waals surface area (Å²) in [6.07, 6.45) is 5.77. The molecule has 1 fully saturated rings. The smallest absolute Gasteiger partial charge is 0.266 e. The molecule has 1 aliphatic heterocycles. The van der Waals surface area contributed by atoms with E-state index in [1.165, 1.54) is 16.7 Å².